The number of allylic oxidation sites excluding steroid dienone is 4. The molecule has 0 saturated carbocycles. The Bertz CT molecular complexity index is 768. The minimum absolute atomic E-state index is 0.666. The summed E-state index contributed by atoms with van der Waals surface area (Å²) in [7, 11) is 0. The second kappa shape index (κ2) is 5.41. The van der Waals surface area contributed by atoms with Crippen molar-refractivity contribution in [2.24, 2.45) is 0 Å². The van der Waals surface area contributed by atoms with Crippen LogP contribution in [0.25, 0.3) is 11.3 Å². The smallest absolute Gasteiger partial charge is 0.0991 e. The van der Waals surface area contributed by atoms with E-state index in [0.717, 1.165) is 29.9 Å². The molecule has 1 aliphatic rings. The van der Waals surface area contributed by atoms with Crippen molar-refractivity contribution >= 4 is 5.57 Å². The van der Waals surface area contributed by atoms with Crippen LogP contribution < -0.4 is 0 Å². The minimum Gasteiger partial charge on any atom is -0.233 e. The number of hydrogen-bond acceptors (Lipinski definition) is 2. The third-order valence-corrected chi connectivity index (χ3v) is 3.76. The zero-order chi connectivity index (χ0) is 14.8. The molecule has 1 aromatic carbocycles. The first-order chi connectivity index (χ1) is 10.2. The highest BCUT2D eigenvalue weighted by Crippen LogP contribution is 2.28. The number of aryl methyl sites for hydroxylation is 1. The van der Waals surface area contributed by atoms with Crippen LogP contribution in [0, 0.1) is 18.3 Å². The van der Waals surface area contributed by atoms with Crippen LogP contribution in [0.2, 0.25) is 0 Å². The summed E-state index contributed by atoms with van der Waals surface area (Å²) in [4.78, 5) is 0. The largest absolute Gasteiger partial charge is 0.233 e. The number of benzene rings is 1. The number of rotatable bonds is 2. The van der Waals surface area contributed by atoms with E-state index in [2.05, 4.69) is 36.3 Å². The third kappa shape index (κ3) is 2.66. The highest BCUT2D eigenvalue weighted by molar-refractivity contribution is 5.68. The average Bonchev–Trinajstić information content (AvgIpc) is 2.90. The van der Waals surface area contributed by atoms with Crippen molar-refractivity contribution in [1.82, 2.24) is 9.78 Å². The van der Waals surface area contributed by atoms with Crippen molar-refractivity contribution in [3.63, 3.8) is 0 Å². The molecule has 0 fully saturated rings. The summed E-state index contributed by atoms with van der Waals surface area (Å²) in [6.07, 6.45) is 6.52. The van der Waals surface area contributed by atoms with Gasteiger partial charge in [-0.3, -0.25) is 0 Å². The summed E-state index contributed by atoms with van der Waals surface area (Å²) in [5.41, 5.74) is 6.52. The molecule has 0 amide bonds. The van der Waals surface area contributed by atoms with Crippen LogP contribution >= 0.6 is 0 Å². The first-order valence-corrected chi connectivity index (χ1v) is 7.11. The van der Waals surface area contributed by atoms with Gasteiger partial charge < -0.3 is 0 Å². The van der Waals surface area contributed by atoms with E-state index in [1.54, 1.807) is 0 Å². The number of nitriles is 1. The molecular weight excluding hydrogens is 258 g/mol. The second-order valence-electron chi connectivity index (χ2n) is 5.45. The van der Waals surface area contributed by atoms with Crippen molar-refractivity contribution in [3.8, 4) is 11.8 Å². The molecular formula is C18H17N3. The summed E-state index contributed by atoms with van der Waals surface area (Å²) < 4.78 is 1.97. The fourth-order valence-corrected chi connectivity index (χ4v) is 2.56. The molecule has 2 aromatic rings. The summed E-state index contributed by atoms with van der Waals surface area (Å²) in [5.74, 6) is 0. The van der Waals surface area contributed by atoms with E-state index >= 15 is 0 Å². The van der Waals surface area contributed by atoms with Gasteiger partial charge in [0.05, 0.1) is 28.7 Å². The lowest BCUT2D eigenvalue weighted by Crippen LogP contribution is -2.03. The van der Waals surface area contributed by atoms with E-state index in [1.165, 1.54) is 11.1 Å². The molecule has 0 unspecified atom stereocenters. The molecule has 0 atom stereocenters. The van der Waals surface area contributed by atoms with Gasteiger partial charge in [-0.15, -0.1) is 0 Å². The van der Waals surface area contributed by atoms with E-state index in [0.29, 0.717) is 5.56 Å². The number of hydrogen-bond donors (Lipinski definition) is 0. The summed E-state index contributed by atoms with van der Waals surface area (Å²) >= 11 is 0. The lowest BCUT2D eigenvalue weighted by molar-refractivity contribution is 0.839. The van der Waals surface area contributed by atoms with Gasteiger partial charge in [0.1, 0.15) is 0 Å². The van der Waals surface area contributed by atoms with E-state index < -0.39 is 0 Å². The molecule has 104 valence electrons. The van der Waals surface area contributed by atoms with E-state index in [9.17, 15) is 0 Å². The van der Waals surface area contributed by atoms with Crippen LogP contribution in [-0.2, 0) is 0 Å². The van der Waals surface area contributed by atoms with Crippen LogP contribution in [0.15, 0.2) is 48.1 Å². The van der Waals surface area contributed by atoms with Gasteiger partial charge in [0.25, 0.3) is 0 Å². The highest BCUT2D eigenvalue weighted by atomic mass is 15.3. The second-order valence-corrected chi connectivity index (χ2v) is 5.45. The lowest BCUT2D eigenvalue weighted by Gasteiger charge is -2.14. The Labute approximate surface area is 124 Å². The Morgan fingerprint density at radius 1 is 1.10 bits per heavy atom. The first kappa shape index (κ1) is 13.4. The molecule has 0 spiro atoms. The Hall–Kier alpha value is -2.60. The van der Waals surface area contributed by atoms with Gasteiger partial charge in [0.2, 0.25) is 0 Å². The van der Waals surface area contributed by atoms with Gasteiger partial charge in [-0.25, -0.2) is 4.68 Å². The van der Waals surface area contributed by atoms with Gasteiger partial charge in [-0.1, -0.05) is 17.7 Å². The van der Waals surface area contributed by atoms with Crippen LogP contribution in [0.1, 0.15) is 36.7 Å². The van der Waals surface area contributed by atoms with Crippen LogP contribution in [0.5, 0.6) is 0 Å². The van der Waals surface area contributed by atoms with Crippen LogP contribution in [0.4, 0.5) is 0 Å². The maximum Gasteiger partial charge on any atom is 0.0991 e. The molecule has 3 rings (SSSR count). The van der Waals surface area contributed by atoms with E-state index in [4.69, 9.17) is 5.26 Å². The van der Waals surface area contributed by atoms with E-state index in [1.807, 2.05) is 35.9 Å². The molecule has 21 heavy (non-hydrogen) atoms. The lowest BCUT2D eigenvalue weighted by atomic mass is 9.97. The Kier molecular flexibility index (Phi) is 3.45. The maximum absolute atomic E-state index is 8.90. The minimum atomic E-state index is 0.666. The fraction of sp³-hybridized carbons (Fsp3) is 0.222. The highest BCUT2D eigenvalue weighted by Gasteiger charge is 2.13. The van der Waals surface area contributed by atoms with Gasteiger partial charge in [-0.05, 0) is 62.6 Å². The first-order valence-electron chi connectivity index (χ1n) is 7.11. The molecule has 3 nitrogen and oxygen atoms in total. The zero-order valence-corrected chi connectivity index (χ0v) is 12.3. The molecule has 0 bridgehead atoms. The van der Waals surface area contributed by atoms with Gasteiger partial charge >= 0.3 is 0 Å². The monoisotopic (exact) mass is 275 g/mol. The van der Waals surface area contributed by atoms with Crippen LogP contribution in [-0.4, -0.2) is 9.78 Å². The van der Waals surface area contributed by atoms with Gasteiger partial charge in [-0.2, -0.15) is 10.4 Å². The van der Waals surface area contributed by atoms with Crippen molar-refractivity contribution in [2.75, 3.05) is 0 Å². The van der Waals surface area contributed by atoms with Crippen molar-refractivity contribution in [3.05, 3.63) is 65.0 Å². The topological polar surface area (TPSA) is 41.6 Å². The molecule has 0 aliphatic heterocycles. The Morgan fingerprint density at radius 3 is 2.48 bits per heavy atom. The quantitative estimate of drug-likeness (QED) is 0.825. The number of aromatic nitrogens is 2. The third-order valence-electron chi connectivity index (χ3n) is 3.76. The molecule has 0 saturated heterocycles. The van der Waals surface area contributed by atoms with Crippen molar-refractivity contribution in [1.29, 1.82) is 5.26 Å². The predicted octanol–water partition coefficient (Wildman–Crippen LogP) is 4.18. The number of nitrogens with zero attached hydrogens (tertiary/aromatic N) is 3. The van der Waals surface area contributed by atoms with Crippen molar-refractivity contribution in [2.45, 2.75) is 26.7 Å². The SMILES string of the molecule is CC1=CC=C(c2cc(C)nn2-c2ccc(C#N)cc2)CC1. The molecule has 1 aliphatic carbocycles. The zero-order valence-electron chi connectivity index (χ0n) is 12.3. The molecule has 0 radical (unpaired) electrons. The summed E-state index contributed by atoms with van der Waals surface area (Å²) in [6.45, 7) is 4.17. The standard InChI is InChI=1S/C18H17N3/c1-13-3-7-16(8-4-13)18-11-14(2)20-21(18)17-9-5-15(12-19)6-10-17/h3,5-7,9-11H,4,8H2,1-2H3. The average molecular weight is 275 g/mol. The van der Waals surface area contributed by atoms with Gasteiger partial charge in [0, 0.05) is 0 Å². The molecule has 1 heterocycles. The Balaban J connectivity index is 2.05. The molecule has 0 N–H and O–H groups in total. The predicted molar refractivity (Wildman–Crippen MR) is 84.0 cm³/mol. The fourth-order valence-electron chi connectivity index (χ4n) is 2.56. The van der Waals surface area contributed by atoms with Crippen LogP contribution in [0.3, 0.4) is 0 Å². The summed E-state index contributed by atoms with van der Waals surface area (Å²) in [6, 6.07) is 11.8. The van der Waals surface area contributed by atoms with Crippen molar-refractivity contribution < 1.29 is 0 Å². The Morgan fingerprint density at radius 2 is 1.86 bits per heavy atom. The molecule has 3 heteroatoms. The summed E-state index contributed by atoms with van der Waals surface area (Å²) in [5, 5.41) is 13.5. The maximum atomic E-state index is 8.90. The molecule has 1 aromatic heterocycles. The van der Waals surface area contributed by atoms with E-state index in [-0.39, 0.29) is 0 Å². The normalized spacial score (nSPS) is 14.3. The van der Waals surface area contributed by atoms with Gasteiger partial charge in [0.15, 0.2) is 0 Å².